The first kappa shape index (κ1) is 18.0. The maximum Gasteiger partial charge on any atom is 0.255 e. The summed E-state index contributed by atoms with van der Waals surface area (Å²) in [6, 6.07) is 22.9. The highest BCUT2D eigenvalue weighted by atomic mass is 16.3. The van der Waals surface area contributed by atoms with Gasteiger partial charge in [-0.15, -0.1) is 0 Å². The van der Waals surface area contributed by atoms with Gasteiger partial charge in [-0.2, -0.15) is 0 Å². The summed E-state index contributed by atoms with van der Waals surface area (Å²) in [6.07, 6.45) is 1.08. The molecule has 1 atom stereocenters. The second kappa shape index (κ2) is 7.69. The monoisotopic (exact) mass is 370 g/mol. The van der Waals surface area contributed by atoms with Crippen LogP contribution >= 0.6 is 0 Å². The number of oxazole rings is 1. The molecule has 1 amide bonds. The van der Waals surface area contributed by atoms with E-state index < -0.39 is 0 Å². The molecule has 140 valence electrons. The molecule has 1 aromatic heterocycles. The number of amides is 1. The molecule has 0 aliphatic carbocycles. The molecule has 28 heavy (non-hydrogen) atoms. The van der Waals surface area contributed by atoms with Crippen LogP contribution in [0.4, 0.5) is 5.69 Å². The number of hydrogen-bond acceptors (Lipinski definition) is 3. The van der Waals surface area contributed by atoms with Crippen molar-refractivity contribution >= 4 is 22.7 Å². The molecule has 0 aliphatic heterocycles. The number of benzene rings is 3. The fraction of sp³-hybridized carbons (Fsp3) is 0.167. The van der Waals surface area contributed by atoms with Gasteiger partial charge in [0, 0.05) is 16.8 Å². The molecule has 4 nitrogen and oxygen atoms in total. The van der Waals surface area contributed by atoms with Crippen LogP contribution in [-0.2, 0) is 0 Å². The van der Waals surface area contributed by atoms with E-state index >= 15 is 0 Å². The largest absolute Gasteiger partial charge is 0.436 e. The third-order valence-electron chi connectivity index (χ3n) is 5.00. The van der Waals surface area contributed by atoms with Gasteiger partial charge >= 0.3 is 0 Å². The van der Waals surface area contributed by atoms with Gasteiger partial charge in [-0.1, -0.05) is 44.2 Å². The number of hydrogen-bond donors (Lipinski definition) is 1. The van der Waals surface area contributed by atoms with Gasteiger partial charge in [-0.3, -0.25) is 4.79 Å². The van der Waals surface area contributed by atoms with E-state index in [0.29, 0.717) is 23.1 Å². The zero-order valence-electron chi connectivity index (χ0n) is 16.0. The highest BCUT2D eigenvalue weighted by molar-refractivity contribution is 6.04. The van der Waals surface area contributed by atoms with E-state index in [1.807, 2.05) is 48.5 Å². The molecule has 3 aromatic carbocycles. The number of nitrogens with one attached hydrogen (secondary N) is 1. The van der Waals surface area contributed by atoms with Crippen molar-refractivity contribution in [2.24, 2.45) is 0 Å². The quantitative estimate of drug-likeness (QED) is 0.451. The summed E-state index contributed by atoms with van der Waals surface area (Å²) in [4.78, 5) is 17.0. The van der Waals surface area contributed by atoms with Crippen molar-refractivity contribution in [2.75, 3.05) is 5.32 Å². The summed E-state index contributed by atoms with van der Waals surface area (Å²) in [5.41, 5.74) is 5.03. The average Bonchev–Trinajstić information content (AvgIpc) is 3.17. The average molecular weight is 370 g/mol. The van der Waals surface area contributed by atoms with Gasteiger partial charge in [-0.25, -0.2) is 4.98 Å². The van der Waals surface area contributed by atoms with Gasteiger partial charge in [0.05, 0.1) is 0 Å². The van der Waals surface area contributed by atoms with Crippen LogP contribution in [0.25, 0.3) is 22.6 Å². The SMILES string of the molecule is CCC(C)c1ccc2oc(-c3cccc(NC(=O)c4ccccc4)c3)nc2c1. The first-order valence-corrected chi connectivity index (χ1v) is 9.51. The third-order valence-corrected chi connectivity index (χ3v) is 5.00. The Labute approximate surface area is 164 Å². The normalized spacial score (nSPS) is 12.1. The Morgan fingerprint density at radius 2 is 1.86 bits per heavy atom. The van der Waals surface area contributed by atoms with Crippen molar-refractivity contribution in [1.82, 2.24) is 4.98 Å². The van der Waals surface area contributed by atoms with Gasteiger partial charge in [0.15, 0.2) is 5.58 Å². The van der Waals surface area contributed by atoms with Crippen LogP contribution in [0, 0.1) is 0 Å². The standard InChI is InChI=1S/C24H22N2O2/c1-3-16(2)18-12-13-22-21(15-18)26-24(28-22)19-10-7-11-20(14-19)25-23(27)17-8-5-4-6-9-17/h4-16H,3H2,1-2H3,(H,25,27). The number of nitrogens with zero attached hydrogens (tertiary/aromatic N) is 1. The molecule has 1 heterocycles. The van der Waals surface area contributed by atoms with Gasteiger partial charge in [0.1, 0.15) is 5.52 Å². The number of carbonyl (C=O) groups excluding carboxylic acids is 1. The molecule has 0 saturated carbocycles. The maximum atomic E-state index is 12.4. The van der Waals surface area contributed by atoms with Gasteiger partial charge in [-0.05, 0) is 60.4 Å². The van der Waals surface area contributed by atoms with Crippen LogP contribution in [0.15, 0.2) is 77.2 Å². The number of anilines is 1. The van der Waals surface area contributed by atoms with Crippen molar-refractivity contribution in [2.45, 2.75) is 26.2 Å². The first-order chi connectivity index (χ1) is 13.6. The molecular formula is C24H22N2O2. The zero-order valence-corrected chi connectivity index (χ0v) is 16.0. The minimum Gasteiger partial charge on any atom is -0.436 e. The second-order valence-corrected chi connectivity index (χ2v) is 6.96. The van der Waals surface area contributed by atoms with Crippen LogP contribution in [0.5, 0.6) is 0 Å². The molecule has 0 radical (unpaired) electrons. The number of carbonyl (C=O) groups is 1. The topological polar surface area (TPSA) is 55.1 Å². The Kier molecular flexibility index (Phi) is 4.94. The molecule has 0 saturated heterocycles. The lowest BCUT2D eigenvalue weighted by atomic mass is 9.98. The lowest BCUT2D eigenvalue weighted by Gasteiger charge is -2.07. The van der Waals surface area contributed by atoms with Crippen molar-refractivity contribution in [1.29, 1.82) is 0 Å². The fourth-order valence-corrected chi connectivity index (χ4v) is 3.13. The second-order valence-electron chi connectivity index (χ2n) is 6.96. The molecule has 1 unspecified atom stereocenters. The Bertz CT molecular complexity index is 1120. The summed E-state index contributed by atoms with van der Waals surface area (Å²) >= 11 is 0. The van der Waals surface area contributed by atoms with E-state index in [1.165, 1.54) is 5.56 Å². The van der Waals surface area contributed by atoms with Crippen molar-refractivity contribution < 1.29 is 9.21 Å². The Morgan fingerprint density at radius 1 is 1.04 bits per heavy atom. The predicted molar refractivity (Wildman–Crippen MR) is 113 cm³/mol. The van der Waals surface area contributed by atoms with E-state index in [2.05, 4.69) is 36.3 Å². The molecule has 0 spiro atoms. The third kappa shape index (κ3) is 3.67. The predicted octanol–water partition coefficient (Wildman–Crippen LogP) is 6.26. The van der Waals surface area contributed by atoms with E-state index in [9.17, 15) is 4.79 Å². The lowest BCUT2D eigenvalue weighted by Crippen LogP contribution is -2.11. The van der Waals surface area contributed by atoms with Crippen molar-refractivity contribution in [3.05, 3.63) is 83.9 Å². The smallest absolute Gasteiger partial charge is 0.255 e. The Balaban J connectivity index is 1.61. The highest BCUT2D eigenvalue weighted by Gasteiger charge is 2.12. The summed E-state index contributed by atoms with van der Waals surface area (Å²) in [6.45, 7) is 4.39. The minimum absolute atomic E-state index is 0.145. The van der Waals surface area contributed by atoms with Crippen LogP contribution in [0.2, 0.25) is 0 Å². The lowest BCUT2D eigenvalue weighted by molar-refractivity contribution is 0.102. The van der Waals surface area contributed by atoms with Gasteiger partial charge < -0.3 is 9.73 Å². The summed E-state index contributed by atoms with van der Waals surface area (Å²) in [5.74, 6) is 0.890. The van der Waals surface area contributed by atoms with E-state index in [0.717, 1.165) is 23.1 Å². The molecule has 4 aromatic rings. The first-order valence-electron chi connectivity index (χ1n) is 9.51. The van der Waals surface area contributed by atoms with Gasteiger partial charge in [0.2, 0.25) is 5.89 Å². The van der Waals surface area contributed by atoms with E-state index in [-0.39, 0.29) is 5.91 Å². The highest BCUT2D eigenvalue weighted by Crippen LogP contribution is 2.29. The van der Waals surface area contributed by atoms with E-state index in [1.54, 1.807) is 12.1 Å². The molecule has 4 rings (SSSR count). The number of fused-ring (bicyclic) bond motifs is 1. The Morgan fingerprint density at radius 3 is 2.64 bits per heavy atom. The van der Waals surface area contributed by atoms with Crippen LogP contribution < -0.4 is 5.32 Å². The molecular weight excluding hydrogens is 348 g/mol. The van der Waals surface area contributed by atoms with Crippen LogP contribution in [0.1, 0.15) is 42.1 Å². The molecule has 0 aliphatic rings. The minimum atomic E-state index is -0.145. The molecule has 0 bridgehead atoms. The van der Waals surface area contributed by atoms with E-state index in [4.69, 9.17) is 4.42 Å². The summed E-state index contributed by atoms with van der Waals surface area (Å²) in [7, 11) is 0. The molecule has 4 heteroatoms. The fourth-order valence-electron chi connectivity index (χ4n) is 3.13. The zero-order chi connectivity index (χ0) is 19.5. The molecule has 0 fully saturated rings. The number of aromatic nitrogens is 1. The van der Waals surface area contributed by atoms with Crippen LogP contribution in [0.3, 0.4) is 0 Å². The van der Waals surface area contributed by atoms with Crippen LogP contribution in [-0.4, -0.2) is 10.9 Å². The van der Waals surface area contributed by atoms with Gasteiger partial charge in [0.25, 0.3) is 5.91 Å². The van der Waals surface area contributed by atoms with Crippen molar-refractivity contribution in [3.8, 4) is 11.5 Å². The maximum absolute atomic E-state index is 12.4. The number of rotatable bonds is 5. The summed E-state index contributed by atoms with van der Waals surface area (Å²) < 4.78 is 5.94. The summed E-state index contributed by atoms with van der Waals surface area (Å²) in [5, 5.41) is 2.93. The Hall–Kier alpha value is -3.40. The molecule has 1 N–H and O–H groups in total. The van der Waals surface area contributed by atoms with Crippen molar-refractivity contribution in [3.63, 3.8) is 0 Å².